The molecule has 3 rings (SSSR count). The molecule has 0 fully saturated rings. The van der Waals surface area contributed by atoms with Crippen LogP contribution in [0.25, 0.3) is 10.9 Å². The summed E-state index contributed by atoms with van der Waals surface area (Å²) in [6, 6.07) is 12.8. The van der Waals surface area contributed by atoms with Crippen LogP contribution in [0.1, 0.15) is 5.56 Å². The maximum Gasteiger partial charge on any atom is 0.265 e. The monoisotopic (exact) mass is 351 g/mol. The summed E-state index contributed by atoms with van der Waals surface area (Å²) < 4.78 is 0. The Kier molecular flexibility index (Phi) is 4.34. The highest BCUT2D eigenvalue weighted by molar-refractivity contribution is 7.98. The van der Waals surface area contributed by atoms with Gasteiger partial charge in [-0.05, 0) is 17.7 Å². The molecule has 0 atom stereocenters. The Bertz CT molecular complexity index is 894. The van der Waals surface area contributed by atoms with Crippen LogP contribution in [0, 0.1) is 0 Å². The Hall–Kier alpha value is -1.62. The molecule has 112 valence electrons. The highest BCUT2D eigenvalue weighted by Gasteiger charge is 2.15. The second kappa shape index (κ2) is 6.24. The molecule has 0 aliphatic rings. The number of H-pyrrole nitrogens is 1. The van der Waals surface area contributed by atoms with Crippen LogP contribution in [0.5, 0.6) is 5.75 Å². The maximum absolute atomic E-state index is 12.2. The zero-order valence-corrected chi connectivity index (χ0v) is 13.6. The van der Waals surface area contributed by atoms with Crippen LogP contribution in [0.3, 0.4) is 0 Å². The van der Waals surface area contributed by atoms with Crippen LogP contribution >= 0.6 is 35.0 Å². The molecule has 0 saturated carbocycles. The van der Waals surface area contributed by atoms with Crippen LogP contribution < -0.4 is 5.56 Å². The number of thioether (sulfide) groups is 1. The number of aromatic amines is 1. The summed E-state index contributed by atoms with van der Waals surface area (Å²) in [4.78, 5) is 15.1. The molecule has 0 aliphatic carbocycles. The predicted octanol–water partition coefficient (Wildman–Crippen LogP) is 4.83. The third-order valence-electron chi connectivity index (χ3n) is 3.19. The third kappa shape index (κ3) is 2.95. The van der Waals surface area contributed by atoms with Crippen molar-refractivity contribution in [1.82, 2.24) is 4.98 Å². The standard InChI is InChI=1S/C16H11Cl2NO2S/c17-10-6-11(18)13-12(7-10)19-16(21)15(14(13)20)22-8-9-4-2-1-3-5-9/h1-7H,8H2,(H2,19,20,21). The molecule has 0 saturated heterocycles. The molecule has 0 amide bonds. The normalized spacial score (nSPS) is 11.0. The van der Waals surface area contributed by atoms with Gasteiger partial charge in [-0.1, -0.05) is 53.5 Å². The van der Waals surface area contributed by atoms with Gasteiger partial charge in [0, 0.05) is 10.8 Å². The lowest BCUT2D eigenvalue weighted by atomic mass is 10.2. The first-order valence-electron chi connectivity index (χ1n) is 6.47. The number of nitrogens with one attached hydrogen (secondary N) is 1. The van der Waals surface area contributed by atoms with Crippen LogP contribution in [0.15, 0.2) is 52.2 Å². The van der Waals surface area contributed by atoms with Gasteiger partial charge < -0.3 is 10.1 Å². The second-order valence-electron chi connectivity index (χ2n) is 4.72. The van der Waals surface area contributed by atoms with Crippen molar-refractivity contribution in [2.75, 3.05) is 0 Å². The van der Waals surface area contributed by atoms with Crippen LogP contribution in [-0.4, -0.2) is 10.1 Å². The van der Waals surface area contributed by atoms with E-state index in [-0.39, 0.29) is 16.2 Å². The minimum atomic E-state index is -0.357. The zero-order chi connectivity index (χ0) is 15.7. The van der Waals surface area contributed by atoms with Gasteiger partial charge in [-0.15, -0.1) is 11.8 Å². The first-order chi connectivity index (χ1) is 10.6. The number of fused-ring (bicyclic) bond motifs is 1. The maximum atomic E-state index is 12.2. The van der Waals surface area contributed by atoms with Crippen molar-refractivity contribution in [2.24, 2.45) is 0 Å². The Morgan fingerprint density at radius 1 is 1.14 bits per heavy atom. The van der Waals surface area contributed by atoms with E-state index in [1.54, 1.807) is 6.07 Å². The number of hydrogen-bond acceptors (Lipinski definition) is 3. The van der Waals surface area contributed by atoms with Gasteiger partial charge in [0.1, 0.15) is 10.6 Å². The third-order valence-corrected chi connectivity index (χ3v) is 4.85. The molecule has 0 unspecified atom stereocenters. The highest BCUT2D eigenvalue weighted by Crippen LogP contribution is 2.38. The van der Waals surface area contributed by atoms with Gasteiger partial charge >= 0.3 is 0 Å². The molecule has 6 heteroatoms. The molecule has 0 radical (unpaired) electrons. The Morgan fingerprint density at radius 2 is 1.86 bits per heavy atom. The smallest absolute Gasteiger partial charge is 0.265 e. The number of hydrogen-bond donors (Lipinski definition) is 2. The molecular formula is C16H11Cl2NO2S. The molecule has 0 bridgehead atoms. The van der Waals surface area contributed by atoms with Gasteiger partial charge in [0.05, 0.1) is 15.9 Å². The van der Waals surface area contributed by atoms with Gasteiger partial charge in [0.25, 0.3) is 5.56 Å². The fourth-order valence-electron chi connectivity index (χ4n) is 2.18. The van der Waals surface area contributed by atoms with E-state index in [1.165, 1.54) is 17.8 Å². The van der Waals surface area contributed by atoms with Crippen molar-refractivity contribution in [3.8, 4) is 5.75 Å². The number of aromatic nitrogens is 1. The lowest BCUT2D eigenvalue weighted by molar-refractivity contribution is 0.467. The Balaban J connectivity index is 2.05. The molecule has 22 heavy (non-hydrogen) atoms. The molecule has 2 aromatic carbocycles. The SMILES string of the molecule is O=c1[nH]c2cc(Cl)cc(Cl)c2c(O)c1SCc1ccccc1. The van der Waals surface area contributed by atoms with E-state index in [4.69, 9.17) is 23.2 Å². The lowest BCUT2D eigenvalue weighted by Gasteiger charge is -2.09. The van der Waals surface area contributed by atoms with Gasteiger partial charge in [-0.2, -0.15) is 0 Å². The fraction of sp³-hybridized carbons (Fsp3) is 0.0625. The molecule has 3 nitrogen and oxygen atoms in total. The minimum Gasteiger partial charge on any atom is -0.506 e. The highest BCUT2D eigenvalue weighted by atomic mass is 35.5. The summed E-state index contributed by atoms with van der Waals surface area (Å²) in [7, 11) is 0. The van der Waals surface area contributed by atoms with Crippen molar-refractivity contribution in [3.63, 3.8) is 0 Å². The second-order valence-corrected chi connectivity index (χ2v) is 6.55. The van der Waals surface area contributed by atoms with E-state index in [2.05, 4.69) is 4.98 Å². The van der Waals surface area contributed by atoms with Crippen LogP contribution in [-0.2, 0) is 5.75 Å². The van der Waals surface area contributed by atoms with E-state index in [0.717, 1.165) is 5.56 Å². The quantitative estimate of drug-likeness (QED) is 0.664. The van der Waals surface area contributed by atoms with Gasteiger partial charge in [0.15, 0.2) is 0 Å². The lowest BCUT2D eigenvalue weighted by Crippen LogP contribution is -2.09. The molecular weight excluding hydrogens is 341 g/mol. The van der Waals surface area contributed by atoms with Crippen LogP contribution in [0.4, 0.5) is 0 Å². The van der Waals surface area contributed by atoms with Crippen molar-refractivity contribution < 1.29 is 5.11 Å². The van der Waals surface area contributed by atoms with Crippen molar-refractivity contribution in [2.45, 2.75) is 10.6 Å². The van der Waals surface area contributed by atoms with E-state index < -0.39 is 0 Å². The number of aromatic hydroxyl groups is 1. The molecule has 0 aliphatic heterocycles. The van der Waals surface area contributed by atoms with Crippen molar-refractivity contribution in [3.05, 3.63) is 68.4 Å². The summed E-state index contributed by atoms with van der Waals surface area (Å²) in [5.74, 6) is 0.468. The predicted molar refractivity (Wildman–Crippen MR) is 92.3 cm³/mol. The Morgan fingerprint density at radius 3 is 2.59 bits per heavy atom. The fourth-order valence-corrected chi connectivity index (χ4v) is 3.68. The number of halogens is 2. The van der Waals surface area contributed by atoms with Gasteiger partial charge in [-0.3, -0.25) is 4.79 Å². The first-order valence-corrected chi connectivity index (χ1v) is 8.21. The van der Waals surface area contributed by atoms with Crippen LogP contribution in [0.2, 0.25) is 10.0 Å². The zero-order valence-electron chi connectivity index (χ0n) is 11.3. The van der Waals surface area contributed by atoms with Gasteiger partial charge in [0.2, 0.25) is 0 Å². The average Bonchev–Trinajstić information content (AvgIpc) is 2.47. The number of pyridine rings is 1. The largest absolute Gasteiger partial charge is 0.506 e. The average molecular weight is 352 g/mol. The van der Waals surface area contributed by atoms with Gasteiger partial charge in [-0.25, -0.2) is 0 Å². The number of rotatable bonds is 3. The van der Waals surface area contributed by atoms with E-state index in [0.29, 0.717) is 26.7 Å². The van der Waals surface area contributed by atoms with E-state index in [1.807, 2.05) is 30.3 Å². The topological polar surface area (TPSA) is 53.1 Å². The molecule has 0 spiro atoms. The summed E-state index contributed by atoms with van der Waals surface area (Å²) in [6.07, 6.45) is 0. The Labute approximate surface area is 140 Å². The summed E-state index contributed by atoms with van der Waals surface area (Å²) in [6.45, 7) is 0. The molecule has 3 aromatic rings. The molecule has 1 aromatic heterocycles. The number of benzene rings is 2. The van der Waals surface area contributed by atoms with E-state index in [9.17, 15) is 9.90 Å². The first kappa shape index (κ1) is 15.3. The molecule has 2 N–H and O–H groups in total. The summed E-state index contributed by atoms with van der Waals surface area (Å²) in [5.41, 5.74) is 1.13. The summed E-state index contributed by atoms with van der Waals surface area (Å²) >= 11 is 13.3. The van der Waals surface area contributed by atoms with Crippen molar-refractivity contribution in [1.29, 1.82) is 0 Å². The van der Waals surface area contributed by atoms with Crippen molar-refractivity contribution >= 4 is 45.9 Å². The molecule has 1 heterocycles. The summed E-state index contributed by atoms with van der Waals surface area (Å²) in [5, 5.41) is 11.5. The minimum absolute atomic E-state index is 0.110. The van der Waals surface area contributed by atoms with E-state index >= 15 is 0 Å².